The largest absolute Gasteiger partial charge is 0.443 e. The van der Waals surface area contributed by atoms with Crippen LogP contribution in [-0.2, 0) is 9.47 Å². The molecule has 0 fully saturated rings. The van der Waals surface area contributed by atoms with Gasteiger partial charge in [-0.1, -0.05) is 0 Å². The van der Waals surface area contributed by atoms with Gasteiger partial charge in [0.2, 0.25) is 5.96 Å². The van der Waals surface area contributed by atoms with E-state index in [0.29, 0.717) is 19.3 Å². The molecule has 1 aromatic heterocycles. The van der Waals surface area contributed by atoms with Crippen LogP contribution in [0, 0.1) is 12.3 Å². The average molecular weight is 390 g/mol. The Morgan fingerprint density at radius 2 is 1.79 bits per heavy atom. The summed E-state index contributed by atoms with van der Waals surface area (Å²) in [6, 6.07) is 1.66. The van der Waals surface area contributed by atoms with Gasteiger partial charge in [-0.3, -0.25) is 0 Å². The Bertz CT molecular complexity index is 719. The second-order valence-corrected chi connectivity index (χ2v) is 8.14. The fourth-order valence-electron chi connectivity index (χ4n) is 2.08. The van der Waals surface area contributed by atoms with E-state index in [9.17, 15) is 9.59 Å². The molecular formula is C20H30N4O4. The van der Waals surface area contributed by atoms with E-state index in [2.05, 4.69) is 16.0 Å². The number of carbonyl (C=O) groups is 2. The molecule has 28 heavy (non-hydrogen) atoms. The SMILES string of the molecule is C#CCCCCN(C(=O)OC(C)(C)C)/C(=N\C(=O)OC(C)(C)C)n1cccn1. The van der Waals surface area contributed by atoms with Crippen LogP contribution in [0.5, 0.6) is 0 Å². The highest BCUT2D eigenvalue weighted by molar-refractivity contribution is 5.99. The number of nitrogens with zero attached hydrogens (tertiary/aromatic N) is 4. The van der Waals surface area contributed by atoms with Crippen LogP contribution in [-0.4, -0.2) is 50.6 Å². The van der Waals surface area contributed by atoms with Crippen LogP contribution < -0.4 is 0 Å². The van der Waals surface area contributed by atoms with Crippen molar-refractivity contribution in [2.45, 2.75) is 72.0 Å². The van der Waals surface area contributed by atoms with Crippen molar-refractivity contribution in [3.63, 3.8) is 0 Å². The van der Waals surface area contributed by atoms with Crippen LogP contribution in [0.1, 0.15) is 60.8 Å². The molecule has 0 saturated carbocycles. The van der Waals surface area contributed by atoms with E-state index in [0.717, 1.165) is 0 Å². The number of rotatable bonds is 4. The Balaban J connectivity index is 3.23. The van der Waals surface area contributed by atoms with Crippen molar-refractivity contribution in [1.29, 1.82) is 0 Å². The predicted molar refractivity (Wildman–Crippen MR) is 107 cm³/mol. The summed E-state index contributed by atoms with van der Waals surface area (Å²) >= 11 is 0. The van der Waals surface area contributed by atoms with Gasteiger partial charge in [0.25, 0.3) is 0 Å². The Morgan fingerprint density at radius 1 is 1.14 bits per heavy atom. The first-order valence-electron chi connectivity index (χ1n) is 9.18. The summed E-state index contributed by atoms with van der Waals surface area (Å²) in [6.07, 6.45) is 8.86. The monoisotopic (exact) mass is 390 g/mol. The lowest BCUT2D eigenvalue weighted by atomic mass is 10.2. The van der Waals surface area contributed by atoms with Gasteiger partial charge < -0.3 is 9.47 Å². The number of unbranched alkanes of at least 4 members (excludes halogenated alkanes) is 2. The minimum absolute atomic E-state index is 0.00853. The molecule has 0 saturated heterocycles. The Morgan fingerprint density at radius 3 is 2.29 bits per heavy atom. The lowest BCUT2D eigenvalue weighted by Crippen LogP contribution is -2.45. The van der Waals surface area contributed by atoms with Gasteiger partial charge in [-0.25, -0.2) is 19.2 Å². The number of ether oxygens (including phenoxy) is 2. The van der Waals surface area contributed by atoms with Crippen LogP contribution >= 0.6 is 0 Å². The molecule has 8 nitrogen and oxygen atoms in total. The van der Waals surface area contributed by atoms with Gasteiger partial charge in [-0.2, -0.15) is 5.10 Å². The van der Waals surface area contributed by atoms with Crippen molar-refractivity contribution in [3.8, 4) is 12.3 Å². The molecule has 0 N–H and O–H groups in total. The average Bonchev–Trinajstić information content (AvgIpc) is 3.04. The molecule has 0 aliphatic heterocycles. The third-order valence-electron chi connectivity index (χ3n) is 3.10. The number of hydrogen-bond acceptors (Lipinski definition) is 5. The molecule has 8 heteroatoms. The molecule has 154 valence electrons. The molecule has 0 aliphatic carbocycles. The summed E-state index contributed by atoms with van der Waals surface area (Å²) in [5.74, 6) is 2.58. The van der Waals surface area contributed by atoms with Crippen molar-refractivity contribution in [1.82, 2.24) is 14.7 Å². The quantitative estimate of drug-likeness (QED) is 0.335. The number of aromatic nitrogens is 2. The lowest BCUT2D eigenvalue weighted by molar-refractivity contribution is 0.0360. The number of terminal acetylenes is 1. The first-order valence-corrected chi connectivity index (χ1v) is 9.18. The normalized spacial score (nSPS) is 12.2. The Hall–Kier alpha value is -2.82. The minimum atomic E-state index is -0.824. The van der Waals surface area contributed by atoms with E-state index in [1.54, 1.807) is 53.8 Å². The first kappa shape index (κ1) is 23.2. The zero-order valence-electron chi connectivity index (χ0n) is 17.6. The molecule has 0 atom stereocenters. The van der Waals surface area contributed by atoms with Gasteiger partial charge in [0.1, 0.15) is 11.2 Å². The molecule has 1 aromatic rings. The highest BCUT2D eigenvalue weighted by Crippen LogP contribution is 2.14. The van der Waals surface area contributed by atoms with E-state index in [1.807, 2.05) is 0 Å². The lowest BCUT2D eigenvalue weighted by Gasteiger charge is -2.28. The van der Waals surface area contributed by atoms with Crippen molar-refractivity contribution in [3.05, 3.63) is 18.5 Å². The standard InChI is InChI=1S/C20H30N4O4/c1-8-9-10-11-14-23(18(26)28-20(5,6)7)16(24-15-12-13-21-24)22-17(25)27-19(2,3)4/h1,12-13,15H,9-11,14H2,2-7H3/b22-16+. The van der Waals surface area contributed by atoms with E-state index in [-0.39, 0.29) is 12.5 Å². The zero-order chi connectivity index (χ0) is 21.4. The van der Waals surface area contributed by atoms with Gasteiger partial charge in [0, 0.05) is 25.4 Å². The smallest absolute Gasteiger partial charge is 0.437 e. The fraction of sp³-hybridized carbons (Fsp3) is 0.600. The first-order chi connectivity index (χ1) is 12.9. The van der Waals surface area contributed by atoms with Gasteiger partial charge >= 0.3 is 12.2 Å². The third-order valence-corrected chi connectivity index (χ3v) is 3.10. The number of aliphatic imine (C=N–C) groups is 1. The van der Waals surface area contributed by atoms with Gasteiger partial charge in [-0.05, 0) is 60.5 Å². The van der Waals surface area contributed by atoms with Crippen LogP contribution in [0.2, 0.25) is 0 Å². The second-order valence-electron chi connectivity index (χ2n) is 8.14. The maximum atomic E-state index is 12.8. The summed E-state index contributed by atoms with van der Waals surface area (Å²) in [4.78, 5) is 30.4. The maximum absolute atomic E-state index is 12.8. The molecule has 1 rings (SSSR count). The fourth-order valence-corrected chi connectivity index (χ4v) is 2.08. The topological polar surface area (TPSA) is 86.0 Å². The molecule has 0 aliphatic rings. The Labute approximate surface area is 166 Å². The number of carbonyl (C=O) groups excluding carboxylic acids is 2. The third kappa shape index (κ3) is 8.71. The molecular weight excluding hydrogens is 360 g/mol. The van der Waals surface area contributed by atoms with Crippen molar-refractivity contribution >= 4 is 18.1 Å². The maximum Gasteiger partial charge on any atom is 0.437 e. The second kappa shape index (κ2) is 9.93. The summed E-state index contributed by atoms with van der Waals surface area (Å²) in [5.41, 5.74) is -1.44. The summed E-state index contributed by atoms with van der Waals surface area (Å²) in [6.45, 7) is 10.8. The predicted octanol–water partition coefficient (Wildman–Crippen LogP) is 4.06. The molecule has 2 amide bonds. The molecule has 0 bridgehead atoms. The molecule has 1 heterocycles. The van der Waals surface area contributed by atoms with Crippen molar-refractivity contribution < 1.29 is 19.1 Å². The minimum Gasteiger partial charge on any atom is -0.443 e. The van der Waals surface area contributed by atoms with E-state index >= 15 is 0 Å². The molecule has 0 radical (unpaired) electrons. The van der Waals surface area contributed by atoms with E-state index in [1.165, 1.54) is 15.8 Å². The van der Waals surface area contributed by atoms with Crippen LogP contribution in [0.4, 0.5) is 9.59 Å². The van der Waals surface area contributed by atoms with Crippen LogP contribution in [0.15, 0.2) is 23.5 Å². The van der Waals surface area contributed by atoms with Gasteiger partial charge in [0.15, 0.2) is 0 Å². The molecule has 0 unspecified atom stereocenters. The molecule has 0 spiro atoms. The zero-order valence-corrected chi connectivity index (χ0v) is 17.6. The van der Waals surface area contributed by atoms with Crippen molar-refractivity contribution in [2.24, 2.45) is 4.99 Å². The van der Waals surface area contributed by atoms with E-state index in [4.69, 9.17) is 15.9 Å². The Kier molecular flexibility index (Phi) is 8.23. The highest BCUT2D eigenvalue weighted by Gasteiger charge is 2.28. The summed E-state index contributed by atoms with van der Waals surface area (Å²) in [5, 5.41) is 4.11. The summed E-state index contributed by atoms with van der Waals surface area (Å²) in [7, 11) is 0. The van der Waals surface area contributed by atoms with Gasteiger partial charge in [0.05, 0.1) is 0 Å². The van der Waals surface area contributed by atoms with Crippen LogP contribution in [0.25, 0.3) is 0 Å². The summed E-state index contributed by atoms with van der Waals surface area (Å²) < 4.78 is 12.1. The van der Waals surface area contributed by atoms with Gasteiger partial charge in [-0.15, -0.1) is 17.3 Å². The number of hydrogen-bond donors (Lipinski definition) is 0. The van der Waals surface area contributed by atoms with Crippen molar-refractivity contribution in [2.75, 3.05) is 6.54 Å². The molecule has 0 aromatic carbocycles. The number of amides is 2. The van der Waals surface area contributed by atoms with Crippen LogP contribution in [0.3, 0.4) is 0 Å². The van der Waals surface area contributed by atoms with E-state index < -0.39 is 23.4 Å². The highest BCUT2D eigenvalue weighted by atomic mass is 16.6.